The summed E-state index contributed by atoms with van der Waals surface area (Å²) in [6.07, 6.45) is 3.45. The second kappa shape index (κ2) is 14.8. The highest BCUT2D eigenvalue weighted by molar-refractivity contribution is 8.22. The molecule has 190 valence electrons. The molecule has 0 unspecified atom stereocenters. The summed E-state index contributed by atoms with van der Waals surface area (Å²) in [5, 5.41) is 12.8. The standard InChI is InChI=1S/C23H28N2O7S3/c1-4-30-17(26)12-33-23(34-13-18(27)31-5-2)15(11-24)20(28)25-21-19(22(29)32-6-3)14-9-7-8-10-16(14)35-21/h4-10,12-13H2,1-3H3,(H,25,28). The van der Waals surface area contributed by atoms with Gasteiger partial charge in [0.25, 0.3) is 5.91 Å². The van der Waals surface area contributed by atoms with Crippen LogP contribution < -0.4 is 5.32 Å². The molecular weight excluding hydrogens is 512 g/mol. The van der Waals surface area contributed by atoms with Gasteiger partial charge in [0.1, 0.15) is 16.6 Å². The van der Waals surface area contributed by atoms with Crippen LogP contribution in [-0.2, 0) is 41.4 Å². The van der Waals surface area contributed by atoms with Gasteiger partial charge in [-0.2, -0.15) is 5.26 Å². The zero-order chi connectivity index (χ0) is 25.8. The number of carbonyl (C=O) groups excluding carboxylic acids is 4. The molecule has 1 aliphatic rings. The minimum absolute atomic E-state index is 0.140. The lowest BCUT2D eigenvalue weighted by atomic mass is 9.95. The molecule has 0 saturated heterocycles. The van der Waals surface area contributed by atoms with E-state index in [-0.39, 0.29) is 41.1 Å². The number of aryl methyl sites for hydroxylation is 1. The zero-order valence-electron chi connectivity index (χ0n) is 19.9. The van der Waals surface area contributed by atoms with Crippen molar-refractivity contribution < 1.29 is 33.4 Å². The predicted molar refractivity (Wildman–Crippen MR) is 136 cm³/mol. The van der Waals surface area contributed by atoms with Crippen LogP contribution >= 0.6 is 34.9 Å². The number of nitrogens with one attached hydrogen (secondary N) is 1. The maximum atomic E-state index is 13.2. The molecule has 0 bridgehead atoms. The normalized spacial score (nSPS) is 12.1. The third-order valence-corrected chi connectivity index (χ3v) is 8.28. The van der Waals surface area contributed by atoms with E-state index >= 15 is 0 Å². The summed E-state index contributed by atoms with van der Waals surface area (Å²) in [4.78, 5) is 50.6. The van der Waals surface area contributed by atoms with E-state index in [2.05, 4.69) is 5.32 Å². The number of nitriles is 1. The maximum absolute atomic E-state index is 13.2. The fraction of sp³-hybridized carbons (Fsp3) is 0.522. The van der Waals surface area contributed by atoms with Gasteiger partial charge in [-0.05, 0) is 52.0 Å². The molecule has 0 spiro atoms. The number of ether oxygens (including phenoxy) is 3. The number of rotatable bonds is 12. The van der Waals surface area contributed by atoms with E-state index in [1.807, 2.05) is 6.07 Å². The van der Waals surface area contributed by atoms with Crippen molar-refractivity contribution in [3.8, 4) is 6.07 Å². The van der Waals surface area contributed by atoms with Crippen LogP contribution in [0.1, 0.15) is 54.4 Å². The number of anilines is 1. The summed E-state index contributed by atoms with van der Waals surface area (Å²) in [6, 6.07) is 1.88. The van der Waals surface area contributed by atoms with E-state index < -0.39 is 23.8 Å². The number of esters is 3. The number of hydrogen-bond acceptors (Lipinski definition) is 11. The Bertz CT molecular complexity index is 1000. The van der Waals surface area contributed by atoms with Crippen molar-refractivity contribution in [3.05, 3.63) is 25.8 Å². The Morgan fingerprint density at radius 1 is 0.943 bits per heavy atom. The third kappa shape index (κ3) is 8.30. The first-order valence-electron chi connectivity index (χ1n) is 11.2. The Balaban J connectivity index is 2.36. The van der Waals surface area contributed by atoms with Gasteiger partial charge in [-0.3, -0.25) is 14.4 Å². The first kappa shape index (κ1) is 28.7. The monoisotopic (exact) mass is 540 g/mol. The molecule has 1 aliphatic carbocycles. The van der Waals surface area contributed by atoms with Crippen molar-refractivity contribution in [2.75, 3.05) is 36.6 Å². The van der Waals surface area contributed by atoms with Gasteiger partial charge in [0.05, 0.1) is 41.1 Å². The van der Waals surface area contributed by atoms with E-state index in [9.17, 15) is 24.4 Å². The second-order valence-electron chi connectivity index (χ2n) is 7.05. The topological polar surface area (TPSA) is 132 Å². The second-order valence-corrected chi connectivity index (χ2v) is 10.4. The molecule has 35 heavy (non-hydrogen) atoms. The van der Waals surface area contributed by atoms with Crippen LogP contribution in [0.25, 0.3) is 0 Å². The van der Waals surface area contributed by atoms with Crippen LogP contribution in [0.2, 0.25) is 0 Å². The molecule has 1 heterocycles. The zero-order valence-corrected chi connectivity index (χ0v) is 22.3. The van der Waals surface area contributed by atoms with Crippen molar-refractivity contribution in [2.45, 2.75) is 46.5 Å². The molecule has 2 rings (SSSR count). The summed E-state index contributed by atoms with van der Waals surface area (Å²) in [5.41, 5.74) is 0.943. The average Bonchev–Trinajstić information content (AvgIpc) is 3.19. The first-order chi connectivity index (χ1) is 16.9. The van der Waals surface area contributed by atoms with E-state index in [0.717, 1.165) is 53.2 Å². The minimum Gasteiger partial charge on any atom is -0.465 e. The summed E-state index contributed by atoms with van der Waals surface area (Å²) in [5.74, 6) is -2.56. The van der Waals surface area contributed by atoms with Gasteiger partial charge >= 0.3 is 17.9 Å². The van der Waals surface area contributed by atoms with Crippen molar-refractivity contribution in [2.24, 2.45) is 0 Å². The Morgan fingerprint density at radius 3 is 2.06 bits per heavy atom. The van der Waals surface area contributed by atoms with Crippen molar-refractivity contribution in [3.63, 3.8) is 0 Å². The smallest absolute Gasteiger partial charge is 0.341 e. The average molecular weight is 541 g/mol. The number of thiophene rings is 1. The first-order valence-corrected chi connectivity index (χ1v) is 14.0. The Hall–Kier alpha value is -2.49. The van der Waals surface area contributed by atoms with Crippen molar-refractivity contribution >= 4 is 63.7 Å². The number of nitrogens with zero attached hydrogens (tertiary/aromatic N) is 1. The molecule has 1 aromatic rings. The van der Waals surface area contributed by atoms with Crippen LogP contribution in [0, 0.1) is 11.3 Å². The predicted octanol–water partition coefficient (Wildman–Crippen LogP) is 4.07. The van der Waals surface area contributed by atoms with Crippen LogP contribution in [0.3, 0.4) is 0 Å². The summed E-state index contributed by atoms with van der Waals surface area (Å²) in [6.45, 7) is 5.63. The SMILES string of the molecule is CCOC(=O)CSC(SCC(=O)OCC)=C(C#N)C(=O)Nc1sc2c(c1C(=O)OCC)CCCC2. The van der Waals surface area contributed by atoms with E-state index in [0.29, 0.717) is 17.0 Å². The molecular formula is C23H28N2O7S3. The molecule has 0 aromatic carbocycles. The van der Waals surface area contributed by atoms with Gasteiger partial charge in [0.15, 0.2) is 0 Å². The Labute approximate surface area is 216 Å². The van der Waals surface area contributed by atoms with E-state index in [4.69, 9.17) is 14.2 Å². The van der Waals surface area contributed by atoms with Crippen LogP contribution in [0.15, 0.2) is 9.81 Å². The molecule has 0 saturated carbocycles. The largest absolute Gasteiger partial charge is 0.465 e. The van der Waals surface area contributed by atoms with E-state index in [1.54, 1.807) is 20.8 Å². The number of hydrogen-bond donors (Lipinski definition) is 1. The van der Waals surface area contributed by atoms with Gasteiger partial charge < -0.3 is 19.5 Å². The van der Waals surface area contributed by atoms with Gasteiger partial charge in [-0.25, -0.2) is 4.79 Å². The van der Waals surface area contributed by atoms with Gasteiger partial charge in [-0.15, -0.1) is 34.9 Å². The molecule has 0 atom stereocenters. The summed E-state index contributed by atoms with van der Waals surface area (Å²) >= 11 is 3.18. The summed E-state index contributed by atoms with van der Waals surface area (Å²) in [7, 11) is 0. The fourth-order valence-electron chi connectivity index (χ4n) is 3.27. The van der Waals surface area contributed by atoms with Gasteiger partial charge in [-0.1, -0.05) is 0 Å². The van der Waals surface area contributed by atoms with Gasteiger partial charge in [0.2, 0.25) is 0 Å². The highest BCUT2D eigenvalue weighted by atomic mass is 32.2. The van der Waals surface area contributed by atoms with E-state index in [1.165, 1.54) is 11.3 Å². The maximum Gasteiger partial charge on any atom is 0.341 e. The Morgan fingerprint density at radius 2 is 1.51 bits per heavy atom. The number of thioether (sulfide) groups is 2. The molecule has 0 radical (unpaired) electrons. The third-order valence-electron chi connectivity index (χ3n) is 4.67. The molecule has 0 aliphatic heterocycles. The Kier molecular flexibility index (Phi) is 12.2. The number of carbonyl (C=O) groups is 4. The lowest BCUT2D eigenvalue weighted by Gasteiger charge is -2.12. The van der Waals surface area contributed by atoms with Crippen LogP contribution in [0.5, 0.6) is 0 Å². The number of amides is 1. The minimum atomic E-state index is -0.737. The van der Waals surface area contributed by atoms with Crippen molar-refractivity contribution in [1.29, 1.82) is 5.26 Å². The molecule has 1 N–H and O–H groups in total. The highest BCUT2D eigenvalue weighted by Crippen LogP contribution is 2.39. The molecule has 1 amide bonds. The molecule has 12 heteroatoms. The lowest BCUT2D eigenvalue weighted by molar-refractivity contribution is -0.140. The van der Waals surface area contributed by atoms with Gasteiger partial charge in [0, 0.05) is 4.88 Å². The van der Waals surface area contributed by atoms with Crippen molar-refractivity contribution in [1.82, 2.24) is 0 Å². The molecule has 9 nitrogen and oxygen atoms in total. The molecule has 0 fully saturated rings. The highest BCUT2D eigenvalue weighted by Gasteiger charge is 2.29. The van der Waals surface area contributed by atoms with Crippen LogP contribution in [-0.4, -0.2) is 55.1 Å². The lowest BCUT2D eigenvalue weighted by Crippen LogP contribution is -2.18. The molecule has 1 aromatic heterocycles. The number of fused-ring (bicyclic) bond motifs is 1. The summed E-state index contributed by atoms with van der Waals surface area (Å²) < 4.78 is 15.2. The fourth-order valence-corrected chi connectivity index (χ4v) is 6.46. The quantitative estimate of drug-likeness (QED) is 0.179. The van der Waals surface area contributed by atoms with Crippen LogP contribution in [0.4, 0.5) is 5.00 Å².